The third-order valence-electron chi connectivity index (χ3n) is 4.11. The van der Waals surface area contributed by atoms with Crippen LogP contribution in [0.3, 0.4) is 0 Å². The molecule has 27 heavy (non-hydrogen) atoms. The molecule has 0 saturated heterocycles. The first-order valence-electron chi connectivity index (χ1n) is 8.30. The average molecular weight is 383 g/mol. The van der Waals surface area contributed by atoms with E-state index in [9.17, 15) is 5.11 Å². The number of phenolic OH excluding ortho intramolecular Hbond substituents is 1. The van der Waals surface area contributed by atoms with E-state index in [1.54, 1.807) is 26.4 Å². The number of hydrazone groups is 1. The molecule has 0 spiro atoms. The molecule has 0 aliphatic rings. The van der Waals surface area contributed by atoms with E-state index in [2.05, 4.69) is 15.5 Å². The van der Waals surface area contributed by atoms with Crippen LogP contribution in [0, 0.1) is 6.92 Å². The molecule has 140 valence electrons. The van der Waals surface area contributed by atoms with Crippen molar-refractivity contribution in [3.8, 4) is 28.5 Å². The van der Waals surface area contributed by atoms with Gasteiger partial charge in [-0.2, -0.15) is 5.10 Å². The van der Waals surface area contributed by atoms with E-state index >= 15 is 0 Å². The van der Waals surface area contributed by atoms with Crippen LogP contribution >= 0.6 is 11.3 Å². The van der Waals surface area contributed by atoms with Gasteiger partial charge in [-0.25, -0.2) is 4.98 Å². The minimum Gasteiger partial charge on any atom is -0.508 e. The molecular formula is C20H21N3O3S. The Labute approximate surface area is 162 Å². The molecule has 2 aromatic carbocycles. The molecule has 2 N–H and O–H groups in total. The van der Waals surface area contributed by atoms with Crippen molar-refractivity contribution < 1.29 is 14.6 Å². The summed E-state index contributed by atoms with van der Waals surface area (Å²) in [6.45, 7) is 3.93. The largest absolute Gasteiger partial charge is 0.508 e. The van der Waals surface area contributed by atoms with Crippen molar-refractivity contribution in [3.05, 3.63) is 52.9 Å². The van der Waals surface area contributed by atoms with Gasteiger partial charge in [-0.05, 0) is 55.8 Å². The summed E-state index contributed by atoms with van der Waals surface area (Å²) in [6, 6.07) is 10.8. The molecule has 1 aromatic heterocycles. The van der Waals surface area contributed by atoms with Crippen molar-refractivity contribution in [2.24, 2.45) is 5.10 Å². The number of hydrogen-bond acceptors (Lipinski definition) is 7. The Hall–Kier alpha value is -3.06. The van der Waals surface area contributed by atoms with Gasteiger partial charge in [0.1, 0.15) is 5.75 Å². The van der Waals surface area contributed by atoms with E-state index in [1.165, 1.54) is 11.3 Å². The van der Waals surface area contributed by atoms with Gasteiger partial charge in [0, 0.05) is 16.5 Å². The summed E-state index contributed by atoms with van der Waals surface area (Å²) in [5.41, 5.74) is 7.61. The van der Waals surface area contributed by atoms with Crippen LogP contribution in [0.25, 0.3) is 11.3 Å². The molecule has 1 heterocycles. The monoisotopic (exact) mass is 383 g/mol. The van der Waals surface area contributed by atoms with Gasteiger partial charge >= 0.3 is 0 Å². The van der Waals surface area contributed by atoms with Crippen LogP contribution in [0.1, 0.15) is 18.1 Å². The Morgan fingerprint density at radius 3 is 2.44 bits per heavy atom. The molecule has 0 atom stereocenters. The average Bonchev–Trinajstić information content (AvgIpc) is 3.15. The number of nitrogens with zero attached hydrogens (tertiary/aromatic N) is 2. The number of aromatic nitrogens is 1. The number of methoxy groups -OCH3 is 2. The van der Waals surface area contributed by atoms with Crippen LogP contribution < -0.4 is 14.9 Å². The highest BCUT2D eigenvalue weighted by molar-refractivity contribution is 7.14. The number of aryl methyl sites for hydroxylation is 1. The molecule has 6 nitrogen and oxygen atoms in total. The summed E-state index contributed by atoms with van der Waals surface area (Å²) in [4.78, 5) is 4.53. The Morgan fingerprint density at radius 1 is 1.11 bits per heavy atom. The molecular weight excluding hydrogens is 362 g/mol. The Kier molecular flexibility index (Phi) is 5.61. The number of hydrogen-bond donors (Lipinski definition) is 2. The molecule has 0 radical (unpaired) electrons. The quantitative estimate of drug-likeness (QED) is 0.477. The minimum absolute atomic E-state index is 0.234. The number of phenols is 1. The minimum atomic E-state index is 0.234. The summed E-state index contributed by atoms with van der Waals surface area (Å²) >= 11 is 1.47. The highest BCUT2D eigenvalue weighted by Crippen LogP contribution is 2.31. The second-order valence-electron chi connectivity index (χ2n) is 5.92. The maximum atomic E-state index is 9.39. The summed E-state index contributed by atoms with van der Waals surface area (Å²) < 4.78 is 10.7. The van der Waals surface area contributed by atoms with Crippen molar-refractivity contribution in [1.29, 1.82) is 0 Å². The van der Waals surface area contributed by atoms with Crippen LogP contribution in [0.4, 0.5) is 5.13 Å². The smallest absolute Gasteiger partial charge is 0.203 e. The number of aromatic hydroxyl groups is 1. The molecule has 3 aromatic rings. The Morgan fingerprint density at radius 2 is 1.78 bits per heavy atom. The van der Waals surface area contributed by atoms with Crippen molar-refractivity contribution in [1.82, 2.24) is 4.98 Å². The van der Waals surface area contributed by atoms with Crippen molar-refractivity contribution >= 4 is 22.2 Å². The zero-order chi connectivity index (χ0) is 19.4. The summed E-state index contributed by atoms with van der Waals surface area (Å²) in [6.07, 6.45) is 0. The lowest BCUT2D eigenvalue weighted by molar-refractivity contribution is 0.354. The normalized spacial score (nSPS) is 11.3. The molecule has 0 fully saturated rings. The third-order valence-corrected chi connectivity index (χ3v) is 4.85. The van der Waals surface area contributed by atoms with Gasteiger partial charge in [0.05, 0.1) is 25.6 Å². The van der Waals surface area contributed by atoms with E-state index in [1.807, 2.05) is 43.5 Å². The standard InChI is InChI=1S/C20H21N3O3S/c1-12-9-18(25-3)19(26-4)10-16(12)13(2)22-23-20-21-17(11-27-20)14-5-7-15(24)8-6-14/h5-11,24H,1-4H3,(H,21,23)/b22-13-. The van der Waals surface area contributed by atoms with Crippen LogP contribution in [0.2, 0.25) is 0 Å². The lowest BCUT2D eigenvalue weighted by Gasteiger charge is -2.12. The number of ether oxygens (including phenoxy) is 2. The first-order chi connectivity index (χ1) is 13.0. The summed E-state index contributed by atoms with van der Waals surface area (Å²) in [7, 11) is 3.23. The fourth-order valence-electron chi connectivity index (χ4n) is 2.65. The van der Waals surface area contributed by atoms with Gasteiger partial charge in [-0.15, -0.1) is 11.3 Å². The molecule has 0 saturated carbocycles. The number of rotatable bonds is 6. The van der Waals surface area contributed by atoms with Gasteiger partial charge in [0.25, 0.3) is 0 Å². The van der Waals surface area contributed by atoms with Crippen LogP contribution in [0.5, 0.6) is 17.2 Å². The lowest BCUT2D eigenvalue weighted by atomic mass is 10.0. The van der Waals surface area contributed by atoms with E-state index in [0.29, 0.717) is 16.6 Å². The van der Waals surface area contributed by atoms with E-state index < -0.39 is 0 Å². The molecule has 0 aliphatic carbocycles. The van der Waals surface area contributed by atoms with Gasteiger partial charge in [-0.1, -0.05) is 0 Å². The zero-order valence-electron chi connectivity index (χ0n) is 15.6. The van der Waals surface area contributed by atoms with E-state index in [-0.39, 0.29) is 5.75 Å². The van der Waals surface area contributed by atoms with Crippen molar-refractivity contribution in [2.45, 2.75) is 13.8 Å². The van der Waals surface area contributed by atoms with E-state index in [0.717, 1.165) is 28.1 Å². The summed E-state index contributed by atoms with van der Waals surface area (Å²) in [5.74, 6) is 1.59. The number of benzene rings is 2. The Balaban J connectivity index is 1.79. The van der Waals surface area contributed by atoms with Gasteiger partial charge in [0.2, 0.25) is 5.13 Å². The highest BCUT2D eigenvalue weighted by atomic mass is 32.1. The topological polar surface area (TPSA) is 76.0 Å². The fraction of sp³-hybridized carbons (Fsp3) is 0.200. The molecule has 0 unspecified atom stereocenters. The molecule has 0 amide bonds. The molecule has 0 aliphatic heterocycles. The van der Waals surface area contributed by atoms with Crippen molar-refractivity contribution in [2.75, 3.05) is 19.6 Å². The maximum absolute atomic E-state index is 9.39. The second-order valence-corrected chi connectivity index (χ2v) is 6.77. The summed E-state index contributed by atoms with van der Waals surface area (Å²) in [5, 5.41) is 16.5. The SMILES string of the molecule is COc1cc(C)c(/C(C)=N\Nc2nc(-c3ccc(O)cc3)cs2)cc1OC. The first-order valence-corrected chi connectivity index (χ1v) is 9.18. The Bertz CT molecular complexity index is 965. The fourth-order valence-corrected chi connectivity index (χ4v) is 3.31. The highest BCUT2D eigenvalue weighted by Gasteiger charge is 2.11. The number of nitrogens with one attached hydrogen (secondary N) is 1. The molecule has 7 heteroatoms. The predicted molar refractivity (Wildman–Crippen MR) is 109 cm³/mol. The van der Waals surface area contributed by atoms with Gasteiger partial charge in [0.15, 0.2) is 11.5 Å². The maximum Gasteiger partial charge on any atom is 0.203 e. The number of thiazole rings is 1. The molecule has 3 rings (SSSR count). The lowest BCUT2D eigenvalue weighted by Crippen LogP contribution is -2.03. The van der Waals surface area contributed by atoms with E-state index in [4.69, 9.17) is 9.47 Å². The number of anilines is 1. The van der Waals surface area contributed by atoms with Crippen LogP contribution in [0.15, 0.2) is 46.9 Å². The van der Waals surface area contributed by atoms with Gasteiger partial charge in [-0.3, -0.25) is 5.43 Å². The predicted octanol–water partition coefficient (Wildman–Crippen LogP) is 4.68. The molecule has 0 bridgehead atoms. The van der Waals surface area contributed by atoms with Gasteiger partial charge < -0.3 is 14.6 Å². The van der Waals surface area contributed by atoms with Crippen LogP contribution in [-0.4, -0.2) is 30.0 Å². The van der Waals surface area contributed by atoms with Crippen LogP contribution in [-0.2, 0) is 0 Å². The third kappa shape index (κ3) is 4.20. The second kappa shape index (κ2) is 8.09. The zero-order valence-corrected chi connectivity index (χ0v) is 16.4. The van der Waals surface area contributed by atoms with Crippen molar-refractivity contribution in [3.63, 3.8) is 0 Å². The first kappa shape index (κ1) is 18.7.